The first-order valence-electron chi connectivity index (χ1n) is 9.68. The van der Waals surface area contributed by atoms with Crippen LogP contribution in [0.4, 0.5) is 0 Å². The summed E-state index contributed by atoms with van der Waals surface area (Å²) in [5.41, 5.74) is 1.15. The summed E-state index contributed by atoms with van der Waals surface area (Å²) in [5, 5.41) is 3.28. The lowest BCUT2D eigenvalue weighted by atomic mass is 10.1. The molecule has 1 unspecified atom stereocenters. The molecule has 27 heavy (non-hydrogen) atoms. The van der Waals surface area contributed by atoms with E-state index in [9.17, 15) is 13.2 Å². The summed E-state index contributed by atoms with van der Waals surface area (Å²) < 4.78 is 32.6. The Bertz CT molecular complexity index is 722. The number of sulfonamides is 1. The van der Waals surface area contributed by atoms with Gasteiger partial charge in [-0.2, -0.15) is 4.31 Å². The number of morpholine rings is 1. The summed E-state index contributed by atoms with van der Waals surface area (Å²) in [6, 6.07) is 7.19. The fourth-order valence-corrected chi connectivity index (χ4v) is 4.96. The van der Waals surface area contributed by atoms with Crippen molar-refractivity contribution in [2.24, 2.45) is 0 Å². The van der Waals surface area contributed by atoms with Crippen LogP contribution in [0, 0.1) is 0 Å². The number of aryl methyl sites for hydroxylation is 1. The van der Waals surface area contributed by atoms with Crippen LogP contribution in [0.1, 0.15) is 25.3 Å². The smallest absolute Gasteiger partial charge is 0.243 e. The van der Waals surface area contributed by atoms with Gasteiger partial charge in [0.15, 0.2) is 0 Å². The van der Waals surface area contributed by atoms with Crippen LogP contribution in [0.3, 0.4) is 0 Å². The van der Waals surface area contributed by atoms with Gasteiger partial charge in [0.2, 0.25) is 15.9 Å². The first-order chi connectivity index (χ1) is 13.0. The predicted octanol–water partition coefficient (Wildman–Crippen LogP) is 0.851. The van der Waals surface area contributed by atoms with E-state index in [0.717, 1.165) is 24.9 Å². The molecule has 1 N–H and O–H groups in total. The van der Waals surface area contributed by atoms with Crippen molar-refractivity contribution in [2.45, 2.75) is 37.1 Å². The molecule has 0 spiro atoms. The summed E-state index contributed by atoms with van der Waals surface area (Å²) >= 11 is 0. The molecule has 150 valence electrons. The SMILES string of the molecule is CCCc1ccc(S(=O)(=O)N2CCN(C(=O)CC3COCCN3)CC2)cc1. The molecule has 1 atom stereocenters. The third-order valence-corrected chi connectivity index (χ3v) is 7.02. The Balaban J connectivity index is 1.55. The van der Waals surface area contributed by atoms with Crippen molar-refractivity contribution in [3.05, 3.63) is 29.8 Å². The molecular weight excluding hydrogens is 366 g/mol. The van der Waals surface area contributed by atoms with Gasteiger partial charge in [-0.05, 0) is 24.1 Å². The first kappa shape index (κ1) is 20.3. The van der Waals surface area contributed by atoms with Gasteiger partial charge in [0.1, 0.15) is 0 Å². The first-order valence-corrected chi connectivity index (χ1v) is 11.1. The lowest BCUT2D eigenvalue weighted by Crippen LogP contribution is -2.52. The third-order valence-electron chi connectivity index (χ3n) is 5.11. The van der Waals surface area contributed by atoms with Crippen LogP contribution in [0.15, 0.2) is 29.2 Å². The van der Waals surface area contributed by atoms with E-state index in [1.807, 2.05) is 12.1 Å². The van der Waals surface area contributed by atoms with Gasteiger partial charge in [-0.25, -0.2) is 8.42 Å². The maximum atomic E-state index is 12.8. The van der Waals surface area contributed by atoms with Crippen LogP contribution >= 0.6 is 0 Å². The van der Waals surface area contributed by atoms with Crippen LogP contribution in [0.25, 0.3) is 0 Å². The second-order valence-electron chi connectivity index (χ2n) is 7.11. The second-order valence-corrected chi connectivity index (χ2v) is 9.05. The summed E-state index contributed by atoms with van der Waals surface area (Å²) in [6.45, 7) is 5.62. The highest BCUT2D eigenvalue weighted by molar-refractivity contribution is 7.89. The van der Waals surface area contributed by atoms with Crippen molar-refractivity contribution in [3.8, 4) is 0 Å². The van der Waals surface area contributed by atoms with Crippen LogP contribution in [0.2, 0.25) is 0 Å². The number of piperazine rings is 1. The van der Waals surface area contributed by atoms with E-state index in [1.54, 1.807) is 17.0 Å². The number of benzene rings is 1. The zero-order valence-corrected chi connectivity index (χ0v) is 16.7. The number of hydrogen-bond acceptors (Lipinski definition) is 5. The molecule has 2 fully saturated rings. The summed E-state index contributed by atoms with van der Waals surface area (Å²) in [6.07, 6.45) is 2.37. The zero-order chi connectivity index (χ0) is 19.3. The van der Waals surface area contributed by atoms with E-state index in [2.05, 4.69) is 12.2 Å². The molecule has 8 heteroatoms. The van der Waals surface area contributed by atoms with Crippen molar-refractivity contribution in [2.75, 3.05) is 45.9 Å². The van der Waals surface area contributed by atoms with Crippen molar-refractivity contribution in [3.63, 3.8) is 0 Å². The zero-order valence-electron chi connectivity index (χ0n) is 15.9. The second kappa shape index (κ2) is 9.14. The molecule has 1 aromatic rings. The van der Waals surface area contributed by atoms with Crippen molar-refractivity contribution in [1.82, 2.24) is 14.5 Å². The van der Waals surface area contributed by atoms with E-state index in [1.165, 1.54) is 4.31 Å². The highest BCUT2D eigenvalue weighted by Crippen LogP contribution is 2.19. The molecule has 0 aromatic heterocycles. The third kappa shape index (κ3) is 5.07. The molecule has 7 nitrogen and oxygen atoms in total. The van der Waals surface area contributed by atoms with Gasteiger partial charge in [0.25, 0.3) is 0 Å². The van der Waals surface area contributed by atoms with E-state index in [4.69, 9.17) is 4.74 Å². The minimum Gasteiger partial charge on any atom is -0.378 e. The standard InChI is InChI=1S/C19H29N3O4S/c1-2-3-16-4-6-18(7-5-16)27(24,25)22-11-9-21(10-12-22)19(23)14-17-15-26-13-8-20-17/h4-7,17,20H,2-3,8-15H2,1H3. The van der Waals surface area contributed by atoms with Crippen molar-refractivity contribution < 1.29 is 17.9 Å². The maximum Gasteiger partial charge on any atom is 0.243 e. The number of hydrogen-bond donors (Lipinski definition) is 1. The Morgan fingerprint density at radius 3 is 2.48 bits per heavy atom. The average molecular weight is 396 g/mol. The molecule has 2 aliphatic heterocycles. The number of carbonyl (C=O) groups is 1. The molecule has 0 saturated carbocycles. The highest BCUT2D eigenvalue weighted by atomic mass is 32.2. The van der Waals surface area contributed by atoms with Crippen LogP contribution < -0.4 is 5.32 Å². The Kier molecular flexibility index (Phi) is 6.86. The van der Waals surface area contributed by atoms with Crippen molar-refractivity contribution in [1.29, 1.82) is 0 Å². The summed E-state index contributed by atoms with van der Waals surface area (Å²) in [7, 11) is -3.51. The molecule has 2 saturated heterocycles. The summed E-state index contributed by atoms with van der Waals surface area (Å²) in [4.78, 5) is 14.5. The molecule has 2 aliphatic rings. The number of nitrogens with zero attached hydrogens (tertiary/aromatic N) is 2. The highest BCUT2D eigenvalue weighted by Gasteiger charge is 2.31. The summed E-state index contributed by atoms with van der Waals surface area (Å²) in [5.74, 6) is 0.0546. The number of ether oxygens (including phenoxy) is 1. The molecule has 2 heterocycles. The average Bonchev–Trinajstić information content (AvgIpc) is 2.69. The monoisotopic (exact) mass is 395 g/mol. The molecule has 0 aliphatic carbocycles. The number of amides is 1. The van der Waals surface area contributed by atoms with Gasteiger partial charge >= 0.3 is 0 Å². The maximum absolute atomic E-state index is 12.8. The lowest BCUT2D eigenvalue weighted by molar-refractivity contribution is -0.133. The minimum atomic E-state index is -3.51. The van der Waals surface area contributed by atoms with Gasteiger partial charge in [-0.3, -0.25) is 4.79 Å². The van der Waals surface area contributed by atoms with Gasteiger partial charge in [0.05, 0.1) is 18.1 Å². The van der Waals surface area contributed by atoms with E-state index in [0.29, 0.717) is 50.7 Å². The molecule has 1 aromatic carbocycles. The topological polar surface area (TPSA) is 79.0 Å². The Morgan fingerprint density at radius 2 is 1.89 bits per heavy atom. The molecule has 0 radical (unpaired) electrons. The van der Waals surface area contributed by atoms with E-state index >= 15 is 0 Å². The fourth-order valence-electron chi connectivity index (χ4n) is 3.53. The number of carbonyl (C=O) groups excluding carboxylic acids is 1. The number of nitrogens with one attached hydrogen (secondary N) is 1. The van der Waals surface area contributed by atoms with Crippen molar-refractivity contribution >= 4 is 15.9 Å². The van der Waals surface area contributed by atoms with Crippen LogP contribution in [-0.4, -0.2) is 75.5 Å². The number of rotatable bonds is 6. The fraction of sp³-hybridized carbons (Fsp3) is 0.632. The largest absolute Gasteiger partial charge is 0.378 e. The van der Waals surface area contributed by atoms with Crippen LogP contribution in [-0.2, 0) is 26.0 Å². The Morgan fingerprint density at radius 1 is 1.19 bits per heavy atom. The van der Waals surface area contributed by atoms with Gasteiger partial charge in [-0.1, -0.05) is 25.5 Å². The van der Waals surface area contributed by atoms with Gasteiger partial charge in [0, 0.05) is 45.2 Å². The van der Waals surface area contributed by atoms with Gasteiger partial charge < -0.3 is 15.0 Å². The normalized spacial score (nSPS) is 22.0. The minimum absolute atomic E-state index is 0.0506. The molecule has 1 amide bonds. The molecule has 3 rings (SSSR count). The Labute approximate surface area is 161 Å². The lowest BCUT2D eigenvalue weighted by Gasteiger charge is -2.35. The van der Waals surface area contributed by atoms with Gasteiger partial charge in [-0.15, -0.1) is 0 Å². The Hall–Kier alpha value is -1.48. The van der Waals surface area contributed by atoms with E-state index in [-0.39, 0.29) is 11.9 Å². The van der Waals surface area contributed by atoms with Crippen LogP contribution in [0.5, 0.6) is 0 Å². The quantitative estimate of drug-likeness (QED) is 0.773. The van der Waals surface area contributed by atoms with E-state index < -0.39 is 10.0 Å². The molecule has 0 bridgehead atoms. The predicted molar refractivity (Wildman–Crippen MR) is 103 cm³/mol. The molecular formula is C19H29N3O4S.